The standard InChI is InChI=1S/C28H41ClN4O3/c1-17-13-18(2)33(11-12-34)28(36)25(17)16-30-27(35)24-14-22(29)15-26(19(24)3)31-20(4)21-7-9-23(10-8-21)32(5)6/h13-15,20-21,23,31,34H,7-12,16H2,1-6H3,(H,30,35). The largest absolute Gasteiger partial charge is 0.395 e. The summed E-state index contributed by atoms with van der Waals surface area (Å²) in [6.45, 7) is 8.04. The molecule has 1 heterocycles. The predicted molar refractivity (Wildman–Crippen MR) is 147 cm³/mol. The summed E-state index contributed by atoms with van der Waals surface area (Å²) in [4.78, 5) is 28.4. The average Bonchev–Trinajstić information content (AvgIpc) is 2.83. The summed E-state index contributed by atoms with van der Waals surface area (Å²) in [5, 5.41) is 16.3. The molecule has 1 fully saturated rings. The summed E-state index contributed by atoms with van der Waals surface area (Å²) in [7, 11) is 4.30. The van der Waals surface area contributed by atoms with Crippen LogP contribution in [-0.4, -0.2) is 53.3 Å². The molecule has 7 nitrogen and oxygen atoms in total. The van der Waals surface area contributed by atoms with E-state index >= 15 is 0 Å². The van der Waals surface area contributed by atoms with Gasteiger partial charge in [0.25, 0.3) is 11.5 Å². The summed E-state index contributed by atoms with van der Waals surface area (Å²) in [5.41, 5.74) is 4.12. The molecule has 1 aliphatic carbocycles. The van der Waals surface area contributed by atoms with Crippen LogP contribution >= 0.6 is 11.6 Å². The van der Waals surface area contributed by atoms with Crippen LogP contribution in [0.3, 0.4) is 0 Å². The number of anilines is 1. The molecule has 8 heteroatoms. The monoisotopic (exact) mass is 516 g/mol. The average molecular weight is 517 g/mol. The molecule has 0 saturated heterocycles. The zero-order valence-electron chi connectivity index (χ0n) is 22.4. The normalized spacial score (nSPS) is 18.8. The Balaban J connectivity index is 1.73. The van der Waals surface area contributed by atoms with Gasteiger partial charge in [-0.3, -0.25) is 9.59 Å². The molecule has 1 saturated carbocycles. The molecule has 1 amide bonds. The van der Waals surface area contributed by atoms with Crippen molar-refractivity contribution >= 4 is 23.2 Å². The molecule has 1 atom stereocenters. The number of rotatable bonds is 9. The van der Waals surface area contributed by atoms with Crippen LogP contribution in [0.5, 0.6) is 0 Å². The number of benzene rings is 1. The molecular weight excluding hydrogens is 476 g/mol. The number of hydrogen-bond acceptors (Lipinski definition) is 5. The van der Waals surface area contributed by atoms with Crippen LogP contribution < -0.4 is 16.2 Å². The van der Waals surface area contributed by atoms with Gasteiger partial charge in [0.1, 0.15) is 0 Å². The second-order valence-electron chi connectivity index (χ2n) is 10.4. The van der Waals surface area contributed by atoms with Gasteiger partial charge in [-0.2, -0.15) is 0 Å². The number of hydrogen-bond donors (Lipinski definition) is 3. The van der Waals surface area contributed by atoms with Gasteiger partial charge in [-0.05, 0) is 103 Å². The Labute approximate surface area is 219 Å². The van der Waals surface area contributed by atoms with Gasteiger partial charge < -0.3 is 25.2 Å². The van der Waals surface area contributed by atoms with Crippen LogP contribution in [0.4, 0.5) is 5.69 Å². The Hall–Kier alpha value is -2.35. The van der Waals surface area contributed by atoms with Crippen LogP contribution in [0.2, 0.25) is 5.02 Å². The Morgan fingerprint density at radius 1 is 1.17 bits per heavy atom. The highest BCUT2D eigenvalue weighted by molar-refractivity contribution is 6.31. The number of aromatic nitrogens is 1. The maximum atomic E-state index is 13.2. The number of halogens is 1. The minimum Gasteiger partial charge on any atom is -0.395 e. The summed E-state index contributed by atoms with van der Waals surface area (Å²) in [5.74, 6) is 0.299. The highest BCUT2D eigenvalue weighted by Crippen LogP contribution is 2.32. The van der Waals surface area contributed by atoms with E-state index in [2.05, 4.69) is 36.6 Å². The maximum absolute atomic E-state index is 13.2. The second-order valence-corrected chi connectivity index (χ2v) is 10.8. The Kier molecular flexibility index (Phi) is 9.61. The molecule has 0 radical (unpaired) electrons. The molecule has 0 bridgehead atoms. The first-order valence-electron chi connectivity index (χ1n) is 12.9. The molecule has 1 unspecified atom stereocenters. The summed E-state index contributed by atoms with van der Waals surface area (Å²) < 4.78 is 1.54. The first kappa shape index (κ1) is 28.2. The van der Waals surface area contributed by atoms with E-state index in [9.17, 15) is 14.7 Å². The molecule has 3 N–H and O–H groups in total. The van der Waals surface area contributed by atoms with Crippen LogP contribution in [0.25, 0.3) is 0 Å². The highest BCUT2D eigenvalue weighted by Gasteiger charge is 2.27. The number of nitrogens with zero attached hydrogens (tertiary/aromatic N) is 2. The Morgan fingerprint density at radius 3 is 2.44 bits per heavy atom. The van der Waals surface area contributed by atoms with Crippen molar-refractivity contribution in [3.63, 3.8) is 0 Å². The number of carbonyl (C=O) groups excluding carboxylic acids is 1. The fraction of sp³-hybridized carbons (Fsp3) is 0.571. The van der Waals surface area contributed by atoms with Crippen LogP contribution in [0.15, 0.2) is 23.0 Å². The van der Waals surface area contributed by atoms with Gasteiger partial charge in [-0.15, -0.1) is 0 Å². The third-order valence-electron chi connectivity index (χ3n) is 7.76. The lowest BCUT2D eigenvalue weighted by Gasteiger charge is -2.36. The van der Waals surface area contributed by atoms with Gasteiger partial charge in [0.2, 0.25) is 0 Å². The molecule has 2 aromatic rings. The zero-order valence-corrected chi connectivity index (χ0v) is 23.2. The van der Waals surface area contributed by atoms with Gasteiger partial charge >= 0.3 is 0 Å². The second kappa shape index (κ2) is 12.3. The van der Waals surface area contributed by atoms with Gasteiger partial charge in [0, 0.05) is 52.7 Å². The zero-order chi connectivity index (χ0) is 26.6. The number of amides is 1. The first-order chi connectivity index (χ1) is 17.0. The van der Waals surface area contributed by atoms with Gasteiger partial charge in [-0.25, -0.2) is 0 Å². The number of aryl methyl sites for hydroxylation is 2. The van der Waals surface area contributed by atoms with Crippen LogP contribution in [0, 0.1) is 26.7 Å². The highest BCUT2D eigenvalue weighted by atomic mass is 35.5. The summed E-state index contributed by atoms with van der Waals surface area (Å²) in [6, 6.07) is 6.38. The molecule has 0 spiro atoms. The minimum absolute atomic E-state index is 0.107. The van der Waals surface area contributed by atoms with E-state index in [0.717, 1.165) is 22.5 Å². The van der Waals surface area contributed by atoms with E-state index in [1.165, 1.54) is 30.3 Å². The van der Waals surface area contributed by atoms with Crippen molar-refractivity contribution in [3.05, 3.63) is 61.5 Å². The Bertz CT molecular complexity index is 1140. The SMILES string of the molecule is Cc1cc(C)n(CCO)c(=O)c1CNC(=O)c1cc(Cl)cc(NC(C)C2CCC(N(C)C)CC2)c1C. The van der Waals surface area contributed by atoms with Crippen molar-refractivity contribution in [2.75, 3.05) is 26.0 Å². The maximum Gasteiger partial charge on any atom is 0.256 e. The lowest BCUT2D eigenvalue weighted by molar-refractivity contribution is 0.0950. The topological polar surface area (TPSA) is 86.6 Å². The molecule has 198 valence electrons. The molecule has 3 rings (SSSR count). The number of pyridine rings is 1. The van der Waals surface area contributed by atoms with E-state index in [-0.39, 0.29) is 37.2 Å². The van der Waals surface area contributed by atoms with Crippen molar-refractivity contribution < 1.29 is 9.90 Å². The summed E-state index contributed by atoms with van der Waals surface area (Å²) in [6.07, 6.45) is 4.75. The quantitative estimate of drug-likeness (QED) is 0.463. The fourth-order valence-corrected chi connectivity index (χ4v) is 5.59. The smallest absolute Gasteiger partial charge is 0.256 e. The van der Waals surface area contributed by atoms with E-state index in [0.29, 0.717) is 28.1 Å². The fourth-order valence-electron chi connectivity index (χ4n) is 5.37. The van der Waals surface area contributed by atoms with Crippen molar-refractivity contribution in [1.82, 2.24) is 14.8 Å². The molecule has 1 aliphatic rings. The molecule has 36 heavy (non-hydrogen) atoms. The third kappa shape index (κ3) is 6.50. The third-order valence-corrected chi connectivity index (χ3v) is 7.98. The lowest BCUT2D eigenvalue weighted by Crippen LogP contribution is -2.36. The van der Waals surface area contributed by atoms with Crippen molar-refractivity contribution in [2.24, 2.45) is 5.92 Å². The number of carbonyl (C=O) groups is 1. The van der Waals surface area contributed by atoms with Gasteiger partial charge in [0.05, 0.1) is 6.61 Å². The van der Waals surface area contributed by atoms with E-state index < -0.39 is 0 Å². The van der Waals surface area contributed by atoms with Gasteiger partial charge in [0.15, 0.2) is 0 Å². The van der Waals surface area contributed by atoms with Crippen LogP contribution in [-0.2, 0) is 13.1 Å². The number of aliphatic hydroxyl groups is 1. The predicted octanol–water partition coefficient (Wildman–Crippen LogP) is 4.27. The van der Waals surface area contributed by atoms with Crippen LogP contribution in [0.1, 0.15) is 65.3 Å². The van der Waals surface area contributed by atoms with Gasteiger partial charge in [-0.1, -0.05) is 11.6 Å². The van der Waals surface area contributed by atoms with Crippen molar-refractivity contribution in [2.45, 2.75) is 78.6 Å². The number of nitrogens with one attached hydrogen (secondary N) is 2. The van der Waals surface area contributed by atoms with E-state index in [1.807, 2.05) is 32.9 Å². The first-order valence-corrected chi connectivity index (χ1v) is 13.2. The molecule has 1 aromatic heterocycles. The van der Waals surface area contributed by atoms with Crippen molar-refractivity contribution in [1.29, 1.82) is 0 Å². The lowest BCUT2D eigenvalue weighted by atomic mass is 9.81. The molecular formula is C28H41ClN4O3. The summed E-state index contributed by atoms with van der Waals surface area (Å²) >= 11 is 6.43. The van der Waals surface area contributed by atoms with E-state index in [1.54, 1.807) is 6.07 Å². The van der Waals surface area contributed by atoms with Crippen molar-refractivity contribution in [3.8, 4) is 0 Å². The molecule has 1 aromatic carbocycles. The van der Waals surface area contributed by atoms with E-state index in [4.69, 9.17) is 11.6 Å². The molecule has 0 aliphatic heterocycles. The Morgan fingerprint density at radius 2 is 1.83 bits per heavy atom. The minimum atomic E-state index is -0.273. The number of aliphatic hydroxyl groups excluding tert-OH is 1.